The van der Waals surface area contributed by atoms with Crippen LogP contribution in [0.2, 0.25) is 0 Å². The van der Waals surface area contributed by atoms with Gasteiger partial charge >= 0.3 is 11.9 Å². The van der Waals surface area contributed by atoms with E-state index in [1.807, 2.05) is 0 Å². The van der Waals surface area contributed by atoms with E-state index >= 15 is 0 Å². The number of carbonyl (C=O) groups is 11. The first-order valence-electron chi connectivity index (χ1n) is 27.2. The number of nitrogens with zero attached hydrogens (tertiary/aromatic N) is 4. The second-order valence-electron chi connectivity index (χ2n) is 21.0. The summed E-state index contributed by atoms with van der Waals surface area (Å²) >= 11 is 0. The summed E-state index contributed by atoms with van der Waals surface area (Å²) in [5.41, 5.74) is 7.97. The van der Waals surface area contributed by atoms with E-state index in [0.717, 1.165) is 0 Å². The minimum atomic E-state index is -1.72. The quantitative estimate of drug-likeness (QED) is 0.0294. The number of benzene rings is 2. The standard InChI is InChI=1S/C55H72N14O14/c1-29(2)45(56)54(81)69-19-9-13-43(69)51(78)65-39(24-44(71)72)50(77)64-38(22-34-25-57-27-59-34)48(75)62-30(3)46(73)61-31(4)47(74)63-37(20-33-14-16-36(70)17-15-33)49(76)66-40(23-35-26-58-28-60-35)53(80)68-18-8-12-42(68)52(79)67-41(55(82)83)21-32-10-6-5-7-11-32/h5-7,10-11,14-17,25-31,37-43,45,70H,8-9,12-13,18-24,56H2,1-4H3,(H,57,59)(H,58,60)(H,61,73)(H,62,75)(H,63,74)(H,64,77)(H,65,78)(H,66,76)(H,67,79)(H,71,72)(H,82,83)/t30-,31-,37-,38-,39-,40-,41-,42-,43-,45-/m0/s1. The van der Waals surface area contributed by atoms with Gasteiger partial charge in [-0.05, 0) is 68.7 Å². The van der Waals surface area contributed by atoms with Gasteiger partial charge in [0.05, 0.1) is 25.1 Å². The molecular formula is C55H72N14O14. The highest BCUT2D eigenvalue weighted by atomic mass is 16.4. The van der Waals surface area contributed by atoms with Gasteiger partial charge in [-0.25, -0.2) is 14.8 Å². The van der Waals surface area contributed by atoms with E-state index in [4.69, 9.17) is 5.73 Å². The van der Waals surface area contributed by atoms with Crippen LogP contribution in [0.3, 0.4) is 0 Å². The third kappa shape index (κ3) is 17.9. The number of hydrogen-bond acceptors (Lipinski definition) is 15. The second-order valence-corrected chi connectivity index (χ2v) is 21.0. The number of likely N-dealkylation sites (tertiary alicyclic amines) is 2. The van der Waals surface area contributed by atoms with Crippen LogP contribution in [0.5, 0.6) is 5.75 Å². The van der Waals surface area contributed by atoms with Crippen LogP contribution in [0.25, 0.3) is 0 Å². The average Bonchev–Trinajstić information content (AvgIpc) is 4.53. The van der Waals surface area contributed by atoms with Crippen LogP contribution < -0.4 is 43.0 Å². The van der Waals surface area contributed by atoms with Gasteiger partial charge in [0.2, 0.25) is 53.2 Å². The molecule has 2 saturated heterocycles. The van der Waals surface area contributed by atoms with Crippen molar-refractivity contribution in [2.75, 3.05) is 13.1 Å². The van der Waals surface area contributed by atoms with Crippen LogP contribution in [-0.4, -0.2) is 184 Å². The molecule has 2 aliphatic rings. The van der Waals surface area contributed by atoms with Gasteiger partial charge in [-0.2, -0.15) is 0 Å². The first kappa shape index (κ1) is 63.0. The highest BCUT2D eigenvalue weighted by Crippen LogP contribution is 2.22. The van der Waals surface area contributed by atoms with Crippen LogP contribution in [0.15, 0.2) is 79.6 Å². The molecule has 0 radical (unpaired) electrons. The van der Waals surface area contributed by atoms with E-state index in [9.17, 15) is 68.1 Å². The number of amides is 9. The zero-order valence-electron chi connectivity index (χ0n) is 46.3. The van der Waals surface area contributed by atoms with E-state index in [2.05, 4.69) is 57.2 Å². The van der Waals surface area contributed by atoms with Crippen molar-refractivity contribution >= 4 is 65.1 Å². The lowest BCUT2D eigenvalue weighted by atomic mass is 10.0. The SMILES string of the molecule is CC(C)[C@H](N)C(=O)N1CCC[C@H]1C(=O)N[C@@H](CC(=O)O)C(=O)N[C@@H](Cc1cnc[nH]1)C(=O)N[C@@H](C)C(=O)N[C@@H](C)C(=O)N[C@@H](Cc1ccc(O)cc1)C(=O)N[C@@H](Cc1cnc[nH]1)C(=O)N1CCC[C@H]1C(=O)N[C@@H](Cc1ccccc1)C(=O)O. The molecule has 2 fully saturated rings. The monoisotopic (exact) mass is 1150 g/mol. The van der Waals surface area contributed by atoms with Gasteiger partial charge in [0.1, 0.15) is 60.1 Å². The molecule has 2 aromatic heterocycles. The minimum Gasteiger partial charge on any atom is -0.508 e. The largest absolute Gasteiger partial charge is 0.508 e. The zero-order valence-corrected chi connectivity index (χ0v) is 46.3. The molecule has 28 nitrogen and oxygen atoms in total. The molecule has 28 heteroatoms. The number of nitrogens with one attached hydrogen (secondary N) is 9. The van der Waals surface area contributed by atoms with E-state index < -0.39 is 132 Å². The predicted octanol–water partition coefficient (Wildman–Crippen LogP) is -1.93. The normalized spacial score (nSPS) is 17.8. The fourth-order valence-corrected chi connectivity index (χ4v) is 9.60. The lowest BCUT2D eigenvalue weighted by Gasteiger charge is -2.30. The van der Waals surface area contributed by atoms with Gasteiger partial charge in [0.15, 0.2) is 0 Å². The number of aliphatic carboxylic acids is 2. The number of aromatic nitrogens is 4. The Balaban J connectivity index is 1.13. The van der Waals surface area contributed by atoms with E-state index in [1.54, 1.807) is 44.2 Å². The number of phenols is 1. The molecule has 14 N–H and O–H groups in total. The van der Waals surface area contributed by atoms with Crippen LogP contribution in [0.1, 0.15) is 82.3 Å². The predicted molar refractivity (Wildman–Crippen MR) is 294 cm³/mol. The Kier molecular flexibility index (Phi) is 22.4. The molecule has 0 aliphatic carbocycles. The molecular weight excluding hydrogens is 1080 g/mol. The Morgan fingerprint density at radius 3 is 1.53 bits per heavy atom. The summed E-state index contributed by atoms with van der Waals surface area (Å²) < 4.78 is 0. The van der Waals surface area contributed by atoms with Crippen molar-refractivity contribution in [2.45, 2.75) is 146 Å². The summed E-state index contributed by atoms with van der Waals surface area (Å²) in [7, 11) is 0. The van der Waals surface area contributed by atoms with Gasteiger partial charge < -0.3 is 78.0 Å². The number of rotatable bonds is 28. The number of imidazole rings is 2. The van der Waals surface area contributed by atoms with Crippen molar-refractivity contribution in [3.05, 3.63) is 102 Å². The molecule has 83 heavy (non-hydrogen) atoms. The molecule has 6 rings (SSSR count). The van der Waals surface area contributed by atoms with Crippen LogP contribution >= 0.6 is 0 Å². The van der Waals surface area contributed by atoms with Crippen molar-refractivity contribution in [3.63, 3.8) is 0 Å². The van der Waals surface area contributed by atoms with E-state index in [1.165, 1.54) is 73.0 Å². The topological polar surface area (TPSA) is 423 Å². The lowest BCUT2D eigenvalue weighted by molar-refractivity contribution is -0.145. The Morgan fingerprint density at radius 2 is 1.00 bits per heavy atom. The maximum Gasteiger partial charge on any atom is 0.326 e. The Hall–Kier alpha value is -9.21. The molecule has 0 unspecified atom stereocenters. The highest BCUT2D eigenvalue weighted by molar-refractivity contribution is 5.99. The summed E-state index contributed by atoms with van der Waals surface area (Å²) in [4.78, 5) is 165. The fourth-order valence-electron chi connectivity index (χ4n) is 9.60. The number of aromatic hydroxyl groups is 1. The molecule has 2 aliphatic heterocycles. The molecule has 0 spiro atoms. The first-order chi connectivity index (χ1) is 39.5. The van der Waals surface area contributed by atoms with E-state index in [0.29, 0.717) is 35.4 Å². The number of aromatic amines is 2. The van der Waals surface area contributed by atoms with Gasteiger partial charge in [0.25, 0.3) is 0 Å². The summed E-state index contributed by atoms with van der Waals surface area (Å²) in [6, 6.07) is 1.21. The van der Waals surface area contributed by atoms with Crippen molar-refractivity contribution in [2.24, 2.45) is 11.7 Å². The van der Waals surface area contributed by atoms with E-state index in [-0.39, 0.29) is 63.3 Å². The van der Waals surface area contributed by atoms with Gasteiger partial charge in [0, 0.05) is 62.6 Å². The number of carbonyl (C=O) groups excluding carboxylic acids is 9. The van der Waals surface area contributed by atoms with Crippen LogP contribution in [0.4, 0.5) is 0 Å². The first-order valence-corrected chi connectivity index (χ1v) is 27.2. The third-order valence-corrected chi connectivity index (χ3v) is 14.3. The second kappa shape index (κ2) is 29.5. The average molecular weight is 1150 g/mol. The molecule has 2 aromatic carbocycles. The molecule has 9 amide bonds. The Bertz CT molecular complexity index is 2930. The zero-order chi connectivity index (χ0) is 60.5. The summed E-state index contributed by atoms with van der Waals surface area (Å²) in [5.74, 6) is -10.4. The summed E-state index contributed by atoms with van der Waals surface area (Å²) in [6.07, 6.45) is 5.18. The van der Waals surface area contributed by atoms with Crippen molar-refractivity contribution in [3.8, 4) is 5.75 Å². The smallest absolute Gasteiger partial charge is 0.326 e. The van der Waals surface area contributed by atoms with Crippen molar-refractivity contribution in [1.82, 2.24) is 67.0 Å². The number of nitrogens with two attached hydrogens (primary N) is 1. The van der Waals surface area contributed by atoms with Crippen LogP contribution in [-0.2, 0) is 78.4 Å². The number of hydrogen-bond donors (Lipinski definition) is 13. The number of H-pyrrole nitrogens is 2. The molecule has 10 atom stereocenters. The molecule has 4 aromatic rings. The number of carboxylic acid groups (broad SMARTS) is 2. The molecule has 4 heterocycles. The Labute approximate surface area is 477 Å². The summed E-state index contributed by atoms with van der Waals surface area (Å²) in [5, 5.41) is 47.5. The third-order valence-electron chi connectivity index (χ3n) is 14.3. The highest BCUT2D eigenvalue weighted by Gasteiger charge is 2.42. The number of phenolic OH excluding ortho intramolecular Hbond substituents is 1. The molecule has 446 valence electrons. The van der Waals surface area contributed by atoms with Crippen molar-refractivity contribution in [1.29, 1.82) is 0 Å². The van der Waals surface area contributed by atoms with Gasteiger partial charge in [-0.1, -0.05) is 56.3 Å². The maximum absolute atomic E-state index is 14.5. The minimum absolute atomic E-state index is 0.0199. The molecule has 0 saturated carbocycles. The number of carboxylic acids is 2. The van der Waals surface area contributed by atoms with Gasteiger partial charge in [-0.15, -0.1) is 0 Å². The van der Waals surface area contributed by atoms with Crippen molar-refractivity contribution < 1.29 is 68.1 Å². The lowest BCUT2D eigenvalue weighted by Crippen LogP contribution is -2.60. The Morgan fingerprint density at radius 1 is 0.554 bits per heavy atom. The summed E-state index contributed by atoms with van der Waals surface area (Å²) in [6.45, 7) is 6.38. The van der Waals surface area contributed by atoms with Gasteiger partial charge in [-0.3, -0.25) is 47.9 Å². The maximum atomic E-state index is 14.5. The van der Waals surface area contributed by atoms with Crippen LogP contribution in [0, 0.1) is 5.92 Å². The fraction of sp³-hybridized carbons (Fsp3) is 0.473. The molecule has 0 bridgehead atoms.